The molecule has 1 amide bonds. The van der Waals surface area contributed by atoms with E-state index in [-0.39, 0.29) is 18.6 Å². The van der Waals surface area contributed by atoms with Crippen molar-refractivity contribution in [2.45, 2.75) is 19.4 Å². The lowest BCUT2D eigenvalue weighted by Gasteiger charge is -2.34. The average Bonchev–Trinajstić information content (AvgIpc) is 2.52. The molecule has 1 aliphatic heterocycles. The van der Waals surface area contributed by atoms with Gasteiger partial charge in [-0.2, -0.15) is 0 Å². The number of aromatic nitrogens is 1. The van der Waals surface area contributed by atoms with Crippen molar-refractivity contribution in [2.75, 3.05) is 38.2 Å². The van der Waals surface area contributed by atoms with Gasteiger partial charge in [0.1, 0.15) is 5.82 Å². The van der Waals surface area contributed by atoms with Crippen molar-refractivity contribution in [3.05, 3.63) is 23.9 Å². The molecule has 1 aromatic rings. The summed E-state index contributed by atoms with van der Waals surface area (Å²) in [4.78, 5) is 18.5. The third-order valence-electron chi connectivity index (χ3n) is 3.28. The largest absolute Gasteiger partial charge is 0.394 e. The van der Waals surface area contributed by atoms with Gasteiger partial charge in [0.05, 0.1) is 31.4 Å². The van der Waals surface area contributed by atoms with Gasteiger partial charge in [0.15, 0.2) is 0 Å². The number of morpholine rings is 1. The fourth-order valence-corrected chi connectivity index (χ4v) is 2.19. The zero-order chi connectivity index (χ0) is 14.4. The molecular formula is C14H21N3O3. The Bertz CT molecular complexity index is 453. The number of rotatable bonds is 5. The fraction of sp³-hybridized carbons (Fsp3) is 0.571. The van der Waals surface area contributed by atoms with Crippen LogP contribution in [0.3, 0.4) is 0 Å². The van der Waals surface area contributed by atoms with Crippen molar-refractivity contribution in [2.24, 2.45) is 0 Å². The van der Waals surface area contributed by atoms with Crippen molar-refractivity contribution in [3.63, 3.8) is 0 Å². The maximum atomic E-state index is 12.6. The van der Waals surface area contributed by atoms with Gasteiger partial charge in [0, 0.05) is 19.3 Å². The van der Waals surface area contributed by atoms with Crippen LogP contribution in [0.4, 0.5) is 5.82 Å². The van der Waals surface area contributed by atoms with Crippen molar-refractivity contribution in [1.29, 1.82) is 0 Å². The second kappa shape index (κ2) is 7.21. The average molecular weight is 279 g/mol. The molecule has 0 saturated carbocycles. The standard InChI is InChI=1S/C14H21N3O3/c1-2-5-15-13-12(4-3-6-16-13)14(19)17-7-8-20-10-11(17)9-18/h3-4,6,11,18H,2,5,7-10H2,1H3,(H,15,16). The summed E-state index contributed by atoms with van der Waals surface area (Å²) in [5.74, 6) is 0.488. The van der Waals surface area contributed by atoms with Crippen LogP contribution in [-0.4, -0.2) is 59.8 Å². The number of ether oxygens (including phenoxy) is 1. The van der Waals surface area contributed by atoms with Crippen molar-refractivity contribution < 1.29 is 14.6 Å². The maximum Gasteiger partial charge on any atom is 0.258 e. The third kappa shape index (κ3) is 3.26. The zero-order valence-corrected chi connectivity index (χ0v) is 11.7. The smallest absolute Gasteiger partial charge is 0.258 e. The molecule has 6 nitrogen and oxygen atoms in total. The number of amides is 1. The molecule has 0 radical (unpaired) electrons. The maximum absolute atomic E-state index is 12.6. The Hall–Kier alpha value is -1.66. The number of carbonyl (C=O) groups is 1. The van der Waals surface area contributed by atoms with Gasteiger partial charge < -0.3 is 20.1 Å². The summed E-state index contributed by atoms with van der Waals surface area (Å²) in [5.41, 5.74) is 0.543. The highest BCUT2D eigenvalue weighted by atomic mass is 16.5. The quantitative estimate of drug-likeness (QED) is 0.831. The lowest BCUT2D eigenvalue weighted by molar-refractivity contribution is -0.0183. The van der Waals surface area contributed by atoms with Crippen LogP contribution in [0.5, 0.6) is 0 Å². The highest BCUT2D eigenvalue weighted by molar-refractivity contribution is 5.99. The number of aliphatic hydroxyl groups excluding tert-OH is 1. The van der Waals surface area contributed by atoms with Crippen LogP contribution in [0.25, 0.3) is 0 Å². The summed E-state index contributed by atoms with van der Waals surface area (Å²) in [7, 11) is 0. The molecule has 0 spiro atoms. The van der Waals surface area contributed by atoms with E-state index in [1.807, 2.05) is 0 Å². The first-order chi connectivity index (χ1) is 9.77. The van der Waals surface area contributed by atoms with Crippen molar-refractivity contribution in [1.82, 2.24) is 9.88 Å². The minimum absolute atomic E-state index is 0.0935. The van der Waals surface area contributed by atoms with Crippen molar-refractivity contribution >= 4 is 11.7 Å². The third-order valence-corrected chi connectivity index (χ3v) is 3.28. The zero-order valence-electron chi connectivity index (χ0n) is 11.7. The van der Waals surface area contributed by atoms with E-state index in [2.05, 4.69) is 17.2 Å². The summed E-state index contributed by atoms with van der Waals surface area (Å²) >= 11 is 0. The van der Waals surface area contributed by atoms with Crippen LogP contribution in [0.2, 0.25) is 0 Å². The Morgan fingerprint density at radius 2 is 2.50 bits per heavy atom. The Labute approximate surface area is 118 Å². The number of nitrogens with one attached hydrogen (secondary N) is 1. The van der Waals surface area contributed by atoms with Crippen LogP contribution >= 0.6 is 0 Å². The fourth-order valence-electron chi connectivity index (χ4n) is 2.19. The van der Waals surface area contributed by atoms with Crippen LogP contribution in [0.15, 0.2) is 18.3 Å². The minimum Gasteiger partial charge on any atom is -0.394 e. The molecule has 2 heterocycles. The number of nitrogens with zero attached hydrogens (tertiary/aromatic N) is 2. The molecule has 1 aromatic heterocycles. The molecule has 6 heteroatoms. The lowest BCUT2D eigenvalue weighted by atomic mass is 10.1. The summed E-state index contributed by atoms with van der Waals surface area (Å²) < 4.78 is 5.30. The predicted molar refractivity (Wildman–Crippen MR) is 75.7 cm³/mol. The first-order valence-corrected chi connectivity index (χ1v) is 6.96. The molecule has 0 aliphatic carbocycles. The molecule has 1 fully saturated rings. The van der Waals surface area contributed by atoms with Gasteiger partial charge in [-0.05, 0) is 18.6 Å². The molecule has 1 saturated heterocycles. The normalized spacial score (nSPS) is 18.9. The Kier molecular flexibility index (Phi) is 5.31. The molecule has 110 valence electrons. The van der Waals surface area contributed by atoms with E-state index < -0.39 is 0 Å². The Morgan fingerprint density at radius 1 is 1.65 bits per heavy atom. The number of hydrogen-bond donors (Lipinski definition) is 2. The molecule has 1 aliphatic rings. The van der Waals surface area contributed by atoms with Gasteiger partial charge in [-0.3, -0.25) is 4.79 Å². The van der Waals surface area contributed by atoms with E-state index in [9.17, 15) is 9.90 Å². The molecule has 1 unspecified atom stereocenters. The lowest BCUT2D eigenvalue weighted by Crippen LogP contribution is -2.50. The summed E-state index contributed by atoms with van der Waals surface area (Å²) in [6.45, 7) is 4.10. The van der Waals surface area contributed by atoms with Crippen LogP contribution in [0.1, 0.15) is 23.7 Å². The van der Waals surface area contributed by atoms with Gasteiger partial charge in [-0.15, -0.1) is 0 Å². The molecule has 0 aromatic carbocycles. The monoisotopic (exact) mass is 279 g/mol. The number of hydrogen-bond acceptors (Lipinski definition) is 5. The highest BCUT2D eigenvalue weighted by Gasteiger charge is 2.28. The van der Waals surface area contributed by atoms with Crippen LogP contribution < -0.4 is 5.32 Å². The van der Waals surface area contributed by atoms with Gasteiger partial charge in [-0.1, -0.05) is 6.92 Å². The van der Waals surface area contributed by atoms with Gasteiger partial charge in [0.25, 0.3) is 5.91 Å². The van der Waals surface area contributed by atoms with Crippen LogP contribution in [-0.2, 0) is 4.74 Å². The second-order valence-corrected chi connectivity index (χ2v) is 4.74. The second-order valence-electron chi connectivity index (χ2n) is 4.74. The van der Waals surface area contributed by atoms with E-state index >= 15 is 0 Å². The van der Waals surface area contributed by atoms with Crippen LogP contribution in [0, 0.1) is 0 Å². The highest BCUT2D eigenvalue weighted by Crippen LogP contribution is 2.17. The molecule has 0 bridgehead atoms. The molecular weight excluding hydrogens is 258 g/mol. The van der Waals surface area contributed by atoms with E-state index in [0.29, 0.717) is 31.1 Å². The molecule has 2 N–H and O–H groups in total. The predicted octanol–water partition coefficient (Wildman–Crippen LogP) is 0.737. The molecule has 1 atom stereocenters. The first-order valence-electron chi connectivity index (χ1n) is 6.96. The number of aliphatic hydroxyl groups is 1. The SMILES string of the molecule is CCCNc1ncccc1C(=O)N1CCOCC1CO. The van der Waals surface area contributed by atoms with E-state index in [1.54, 1.807) is 23.2 Å². The molecule has 2 rings (SSSR count). The van der Waals surface area contributed by atoms with Gasteiger partial charge >= 0.3 is 0 Å². The first kappa shape index (κ1) is 14.7. The Morgan fingerprint density at radius 3 is 3.25 bits per heavy atom. The number of anilines is 1. The summed E-state index contributed by atoms with van der Waals surface area (Å²) in [6, 6.07) is 3.23. The number of pyridine rings is 1. The minimum atomic E-state index is -0.282. The topological polar surface area (TPSA) is 74.7 Å². The van der Waals surface area contributed by atoms with Gasteiger partial charge in [0.2, 0.25) is 0 Å². The summed E-state index contributed by atoms with van der Waals surface area (Å²) in [5, 5.41) is 12.5. The summed E-state index contributed by atoms with van der Waals surface area (Å²) in [6.07, 6.45) is 2.62. The van der Waals surface area contributed by atoms with Crippen molar-refractivity contribution in [3.8, 4) is 0 Å². The van der Waals surface area contributed by atoms with E-state index in [0.717, 1.165) is 13.0 Å². The van der Waals surface area contributed by atoms with E-state index in [4.69, 9.17) is 4.74 Å². The Balaban J connectivity index is 2.19. The van der Waals surface area contributed by atoms with E-state index in [1.165, 1.54) is 0 Å². The number of carbonyl (C=O) groups excluding carboxylic acids is 1. The molecule has 20 heavy (non-hydrogen) atoms. The van der Waals surface area contributed by atoms with Gasteiger partial charge in [-0.25, -0.2) is 4.98 Å².